The summed E-state index contributed by atoms with van der Waals surface area (Å²) in [6, 6.07) is 23.9. The molecule has 2 N–H and O–H groups in total. The van der Waals surface area contributed by atoms with Crippen LogP contribution >= 0.6 is 0 Å². The van der Waals surface area contributed by atoms with Crippen LogP contribution in [0.15, 0.2) is 83.8 Å². The number of ether oxygens (including phenoxy) is 1. The van der Waals surface area contributed by atoms with E-state index in [2.05, 4.69) is 30.1 Å². The van der Waals surface area contributed by atoms with E-state index in [1.54, 1.807) is 18.2 Å². The van der Waals surface area contributed by atoms with Gasteiger partial charge in [-0.2, -0.15) is 8.42 Å². The summed E-state index contributed by atoms with van der Waals surface area (Å²) in [6.07, 6.45) is 0. The van der Waals surface area contributed by atoms with E-state index in [-0.39, 0.29) is 4.90 Å². The van der Waals surface area contributed by atoms with Gasteiger partial charge >= 0.3 is 0 Å². The Bertz CT molecular complexity index is 1670. The molecular weight excluding hydrogens is 446 g/mol. The molecule has 1 heterocycles. The summed E-state index contributed by atoms with van der Waals surface area (Å²) in [5.74, 6) is 1.15. The van der Waals surface area contributed by atoms with E-state index in [0.717, 1.165) is 38.5 Å². The number of benzene rings is 4. The van der Waals surface area contributed by atoms with Crippen molar-refractivity contribution in [3.63, 3.8) is 0 Å². The number of fused-ring (bicyclic) bond motifs is 2. The second-order valence-electron chi connectivity index (χ2n) is 8.43. The maximum Gasteiger partial charge on any atom is 0.295 e. The molecule has 1 aliphatic rings. The van der Waals surface area contributed by atoms with Gasteiger partial charge in [0.15, 0.2) is 0 Å². The first-order chi connectivity index (χ1) is 16.2. The Kier molecular flexibility index (Phi) is 5.27. The first kappa shape index (κ1) is 21.9. The van der Waals surface area contributed by atoms with E-state index < -0.39 is 10.1 Å². The third-order valence-electron chi connectivity index (χ3n) is 5.89. The fourth-order valence-electron chi connectivity index (χ4n) is 4.23. The third-order valence-corrected chi connectivity index (χ3v) is 6.80. The summed E-state index contributed by atoms with van der Waals surface area (Å²) < 4.78 is 40.5. The second-order valence-corrected chi connectivity index (χ2v) is 9.82. The monoisotopic (exact) mass is 469 g/mol. The molecule has 0 amide bonds. The Hall–Kier alpha value is -3.87. The predicted molar refractivity (Wildman–Crippen MR) is 135 cm³/mol. The first-order valence-electron chi connectivity index (χ1n) is 10.8. The molecule has 0 unspecified atom stereocenters. The van der Waals surface area contributed by atoms with Gasteiger partial charge in [-0.05, 0) is 60.5 Å². The SMILES string of the molecule is C=c1ccc2c(c1)Oc1cc(Nc3cc(C)ccc3C)ccc1C=2c1ccccc1S(=O)(=O)O. The Balaban J connectivity index is 1.73. The van der Waals surface area contributed by atoms with Crippen molar-refractivity contribution >= 4 is 33.6 Å². The zero-order chi connectivity index (χ0) is 24.0. The molecule has 0 fully saturated rings. The summed E-state index contributed by atoms with van der Waals surface area (Å²) >= 11 is 0. The highest BCUT2D eigenvalue weighted by atomic mass is 32.2. The Labute approximate surface area is 198 Å². The summed E-state index contributed by atoms with van der Waals surface area (Å²) in [5.41, 5.74) is 5.90. The van der Waals surface area contributed by atoms with Crippen molar-refractivity contribution in [2.45, 2.75) is 18.7 Å². The van der Waals surface area contributed by atoms with Crippen molar-refractivity contribution in [1.82, 2.24) is 0 Å². The molecule has 0 atom stereocenters. The lowest BCUT2D eigenvalue weighted by molar-refractivity contribution is 0.471. The number of aryl methyl sites for hydroxylation is 2. The number of hydrogen-bond donors (Lipinski definition) is 2. The van der Waals surface area contributed by atoms with E-state index in [1.807, 2.05) is 50.2 Å². The van der Waals surface area contributed by atoms with Crippen LogP contribution in [-0.2, 0) is 10.1 Å². The number of hydrogen-bond acceptors (Lipinski definition) is 4. The maximum atomic E-state index is 12.2. The zero-order valence-electron chi connectivity index (χ0n) is 18.8. The highest BCUT2D eigenvalue weighted by Crippen LogP contribution is 2.39. The minimum absolute atomic E-state index is 0.153. The van der Waals surface area contributed by atoms with Crippen LogP contribution in [0, 0.1) is 13.8 Å². The van der Waals surface area contributed by atoms with Gasteiger partial charge in [0.25, 0.3) is 10.1 Å². The molecule has 0 aliphatic carbocycles. The predicted octanol–water partition coefficient (Wildman–Crippen LogP) is 5.06. The van der Waals surface area contributed by atoms with Gasteiger partial charge in [0.2, 0.25) is 0 Å². The molecule has 6 heteroatoms. The van der Waals surface area contributed by atoms with Crippen LogP contribution in [0.25, 0.3) is 12.2 Å². The van der Waals surface area contributed by atoms with E-state index in [9.17, 15) is 13.0 Å². The molecule has 34 heavy (non-hydrogen) atoms. The third kappa shape index (κ3) is 3.98. The van der Waals surface area contributed by atoms with Crippen LogP contribution in [0.3, 0.4) is 0 Å². The molecule has 1 aliphatic heterocycles. The first-order valence-corrected chi connectivity index (χ1v) is 12.2. The van der Waals surface area contributed by atoms with Crippen molar-refractivity contribution in [1.29, 1.82) is 0 Å². The van der Waals surface area contributed by atoms with Gasteiger partial charge in [-0.1, -0.05) is 49.0 Å². The van der Waals surface area contributed by atoms with Crippen LogP contribution in [-0.4, -0.2) is 13.0 Å². The summed E-state index contributed by atoms with van der Waals surface area (Å²) in [7, 11) is -4.44. The van der Waals surface area contributed by atoms with Gasteiger partial charge in [-0.25, -0.2) is 0 Å². The molecule has 4 aromatic carbocycles. The average molecular weight is 470 g/mol. The van der Waals surface area contributed by atoms with Crippen molar-refractivity contribution in [3.05, 3.63) is 112 Å². The molecule has 0 aromatic heterocycles. The van der Waals surface area contributed by atoms with Crippen LogP contribution in [0.4, 0.5) is 11.4 Å². The van der Waals surface area contributed by atoms with E-state index in [0.29, 0.717) is 22.6 Å². The maximum absolute atomic E-state index is 12.2. The Morgan fingerprint density at radius 2 is 1.65 bits per heavy atom. The van der Waals surface area contributed by atoms with Gasteiger partial charge < -0.3 is 10.1 Å². The van der Waals surface area contributed by atoms with Crippen LogP contribution in [0.5, 0.6) is 11.5 Å². The van der Waals surface area contributed by atoms with E-state index in [4.69, 9.17) is 4.74 Å². The van der Waals surface area contributed by atoms with Crippen molar-refractivity contribution < 1.29 is 17.7 Å². The van der Waals surface area contributed by atoms with Crippen molar-refractivity contribution in [3.8, 4) is 11.5 Å². The molecule has 0 spiro atoms. The van der Waals surface area contributed by atoms with Crippen molar-refractivity contribution in [2.24, 2.45) is 0 Å². The minimum atomic E-state index is -4.44. The van der Waals surface area contributed by atoms with Crippen LogP contribution in [0.2, 0.25) is 0 Å². The van der Waals surface area contributed by atoms with Gasteiger partial charge in [-0.15, -0.1) is 0 Å². The highest BCUT2D eigenvalue weighted by Gasteiger charge is 2.25. The lowest BCUT2D eigenvalue weighted by Crippen LogP contribution is -2.20. The molecule has 5 rings (SSSR count). The summed E-state index contributed by atoms with van der Waals surface area (Å²) in [4.78, 5) is -0.153. The molecule has 5 nitrogen and oxygen atoms in total. The highest BCUT2D eigenvalue weighted by molar-refractivity contribution is 7.86. The molecule has 0 saturated carbocycles. The van der Waals surface area contributed by atoms with Gasteiger partial charge in [0.1, 0.15) is 16.4 Å². The van der Waals surface area contributed by atoms with Crippen LogP contribution < -0.4 is 20.5 Å². The normalized spacial score (nSPS) is 12.5. The average Bonchev–Trinajstić information content (AvgIpc) is 2.79. The molecule has 0 radical (unpaired) electrons. The number of nitrogens with one attached hydrogen (secondary N) is 1. The zero-order valence-corrected chi connectivity index (χ0v) is 19.6. The van der Waals surface area contributed by atoms with E-state index in [1.165, 1.54) is 6.07 Å². The quantitative estimate of drug-likeness (QED) is 0.360. The second kappa shape index (κ2) is 8.17. The fraction of sp³-hybridized carbons (Fsp3) is 0.0714. The molecule has 170 valence electrons. The topological polar surface area (TPSA) is 75.6 Å². The molecular formula is C28H23NO4S. The summed E-state index contributed by atoms with van der Waals surface area (Å²) in [5, 5.41) is 4.95. The summed E-state index contributed by atoms with van der Waals surface area (Å²) in [6.45, 7) is 8.08. The van der Waals surface area contributed by atoms with Gasteiger partial charge in [0, 0.05) is 39.4 Å². The van der Waals surface area contributed by atoms with E-state index >= 15 is 0 Å². The number of rotatable bonds is 4. The molecule has 0 saturated heterocycles. The van der Waals surface area contributed by atoms with Crippen LogP contribution in [0.1, 0.15) is 22.3 Å². The lowest BCUT2D eigenvalue weighted by atomic mass is 9.92. The number of anilines is 2. The van der Waals surface area contributed by atoms with Crippen molar-refractivity contribution in [2.75, 3.05) is 5.32 Å². The molecule has 4 aromatic rings. The lowest BCUT2D eigenvalue weighted by Gasteiger charge is -2.23. The van der Waals surface area contributed by atoms with Gasteiger partial charge in [0.05, 0.1) is 0 Å². The minimum Gasteiger partial charge on any atom is -0.456 e. The Morgan fingerprint density at radius 3 is 2.44 bits per heavy atom. The fourth-order valence-corrected chi connectivity index (χ4v) is 4.93. The smallest absolute Gasteiger partial charge is 0.295 e. The van der Waals surface area contributed by atoms with Gasteiger partial charge in [-0.3, -0.25) is 4.55 Å². The molecule has 0 bridgehead atoms. The largest absolute Gasteiger partial charge is 0.456 e. The Morgan fingerprint density at radius 1 is 0.853 bits per heavy atom. The standard InChI is InChI=1S/C28H23NO4S/c1-17-8-10-19(3)24(14-17)29-20-11-13-22-26(16-20)33-25-15-18(2)9-12-21(25)28(22)23-6-4-5-7-27(23)34(30,31)32/h4-16,29H,2H2,1,3H3,(H,30,31,32).